The lowest BCUT2D eigenvalue weighted by atomic mass is 9.94. The van der Waals surface area contributed by atoms with Gasteiger partial charge in [0.15, 0.2) is 0 Å². The van der Waals surface area contributed by atoms with Crippen molar-refractivity contribution in [3.63, 3.8) is 0 Å². The van der Waals surface area contributed by atoms with Crippen molar-refractivity contribution in [2.24, 2.45) is 0 Å². The van der Waals surface area contributed by atoms with E-state index in [1.807, 2.05) is 56.3 Å². The summed E-state index contributed by atoms with van der Waals surface area (Å²) < 4.78 is 0.884. The Bertz CT molecular complexity index is 921. The Morgan fingerprint density at radius 1 is 1.12 bits per heavy atom. The first-order valence-electron chi connectivity index (χ1n) is 8.28. The number of urea groups is 1. The number of carbonyl (C=O) groups is 2. The van der Waals surface area contributed by atoms with Gasteiger partial charge in [-0.1, -0.05) is 40.2 Å². The number of rotatable bonds is 3. The average Bonchev–Trinajstić information content (AvgIpc) is 2.58. The van der Waals surface area contributed by atoms with Gasteiger partial charge in [0.2, 0.25) is 0 Å². The molecule has 6 heteroatoms. The summed E-state index contributed by atoms with van der Waals surface area (Å²) in [5, 5.41) is 8.52. The van der Waals surface area contributed by atoms with E-state index in [0.29, 0.717) is 11.3 Å². The maximum atomic E-state index is 13.0. The molecule has 1 aliphatic rings. The molecule has 1 aliphatic heterocycles. The summed E-state index contributed by atoms with van der Waals surface area (Å²) in [6, 6.07) is 12.5. The molecule has 0 unspecified atom stereocenters. The van der Waals surface area contributed by atoms with E-state index >= 15 is 0 Å². The van der Waals surface area contributed by atoms with E-state index in [1.54, 1.807) is 6.92 Å². The highest BCUT2D eigenvalue weighted by atomic mass is 79.9. The van der Waals surface area contributed by atoms with E-state index in [9.17, 15) is 9.59 Å². The Kier molecular flexibility index (Phi) is 5.13. The van der Waals surface area contributed by atoms with Crippen molar-refractivity contribution in [2.45, 2.75) is 26.8 Å². The van der Waals surface area contributed by atoms with Crippen molar-refractivity contribution >= 4 is 33.6 Å². The number of hydrogen-bond donors (Lipinski definition) is 3. The molecule has 0 spiro atoms. The second-order valence-electron chi connectivity index (χ2n) is 6.33. The van der Waals surface area contributed by atoms with Crippen LogP contribution < -0.4 is 16.0 Å². The van der Waals surface area contributed by atoms with Gasteiger partial charge < -0.3 is 16.0 Å². The molecule has 2 aromatic carbocycles. The first-order valence-corrected chi connectivity index (χ1v) is 9.07. The van der Waals surface area contributed by atoms with Crippen molar-refractivity contribution in [3.05, 3.63) is 74.9 Å². The number of halogens is 1. The van der Waals surface area contributed by atoms with Gasteiger partial charge in [-0.25, -0.2) is 4.79 Å². The Morgan fingerprint density at radius 3 is 2.58 bits per heavy atom. The number of anilines is 1. The first-order chi connectivity index (χ1) is 12.4. The molecule has 1 atom stereocenters. The van der Waals surface area contributed by atoms with Gasteiger partial charge in [-0.2, -0.15) is 0 Å². The Balaban J connectivity index is 1.98. The Labute approximate surface area is 161 Å². The lowest BCUT2D eigenvalue weighted by Crippen LogP contribution is -2.46. The minimum atomic E-state index is -0.522. The summed E-state index contributed by atoms with van der Waals surface area (Å²) in [5.41, 5.74) is 4.75. The summed E-state index contributed by atoms with van der Waals surface area (Å²) in [4.78, 5) is 25.0. The smallest absolute Gasteiger partial charge is 0.319 e. The van der Waals surface area contributed by atoms with Gasteiger partial charge >= 0.3 is 6.03 Å². The molecule has 0 aliphatic carbocycles. The minimum Gasteiger partial charge on any atom is -0.327 e. The fourth-order valence-corrected chi connectivity index (χ4v) is 3.42. The molecule has 26 heavy (non-hydrogen) atoms. The highest BCUT2D eigenvalue weighted by Gasteiger charge is 2.31. The van der Waals surface area contributed by atoms with Crippen LogP contribution in [0.2, 0.25) is 0 Å². The molecule has 5 nitrogen and oxygen atoms in total. The highest BCUT2D eigenvalue weighted by molar-refractivity contribution is 9.10. The van der Waals surface area contributed by atoms with E-state index in [2.05, 4.69) is 31.9 Å². The number of nitrogens with one attached hydrogen (secondary N) is 3. The molecule has 0 radical (unpaired) electrons. The highest BCUT2D eigenvalue weighted by Crippen LogP contribution is 2.30. The van der Waals surface area contributed by atoms with Crippen LogP contribution >= 0.6 is 15.9 Å². The fraction of sp³-hybridized carbons (Fsp3) is 0.200. The minimum absolute atomic E-state index is 0.242. The second kappa shape index (κ2) is 7.33. The predicted octanol–water partition coefficient (Wildman–Crippen LogP) is 4.33. The maximum absolute atomic E-state index is 13.0. The number of hydrogen-bond acceptors (Lipinski definition) is 2. The summed E-state index contributed by atoms with van der Waals surface area (Å²) in [5.74, 6) is -0.242. The lowest BCUT2D eigenvalue weighted by Gasteiger charge is -2.29. The van der Waals surface area contributed by atoms with Gasteiger partial charge in [0.1, 0.15) is 0 Å². The topological polar surface area (TPSA) is 70.2 Å². The third kappa shape index (κ3) is 3.65. The van der Waals surface area contributed by atoms with Gasteiger partial charge in [0, 0.05) is 15.9 Å². The van der Waals surface area contributed by atoms with Crippen molar-refractivity contribution in [3.8, 4) is 0 Å². The third-order valence-corrected chi connectivity index (χ3v) is 5.04. The normalized spacial score (nSPS) is 16.8. The lowest BCUT2D eigenvalue weighted by molar-refractivity contribution is -0.113. The Hall–Kier alpha value is -2.60. The summed E-state index contributed by atoms with van der Waals surface area (Å²) >= 11 is 3.44. The molecule has 0 saturated carbocycles. The van der Waals surface area contributed by atoms with Crippen LogP contribution in [0.5, 0.6) is 0 Å². The van der Waals surface area contributed by atoms with Crippen molar-refractivity contribution < 1.29 is 9.59 Å². The fourth-order valence-electron chi connectivity index (χ4n) is 3.01. The van der Waals surface area contributed by atoms with Crippen LogP contribution in [0.25, 0.3) is 0 Å². The average molecular weight is 414 g/mol. The van der Waals surface area contributed by atoms with Crippen LogP contribution in [-0.4, -0.2) is 11.9 Å². The molecule has 0 saturated heterocycles. The monoisotopic (exact) mass is 413 g/mol. The standard InChI is InChI=1S/C20H20BrN3O2/c1-11-6-4-9-16(12(11)2)23-19(25)17-13(3)22-20(26)24-18(17)14-7-5-8-15(21)10-14/h4-10,18H,1-3H3,(H,23,25)(H2,22,24,26)/t18-/m0/s1. The van der Waals surface area contributed by atoms with Gasteiger partial charge in [0.25, 0.3) is 5.91 Å². The maximum Gasteiger partial charge on any atom is 0.319 e. The summed E-state index contributed by atoms with van der Waals surface area (Å²) in [6.07, 6.45) is 0. The van der Waals surface area contributed by atoms with Crippen LogP contribution in [0, 0.1) is 13.8 Å². The number of carbonyl (C=O) groups excluding carboxylic acids is 2. The zero-order valence-corrected chi connectivity index (χ0v) is 16.4. The van der Waals surface area contributed by atoms with Crippen LogP contribution in [0.15, 0.2) is 58.2 Å². The number of aryl methyl sites for hydroxylation is 1. The van der Waals surface area contributed by atoms with Gasteiger partial charge in [-0.15, -0.1) is 0 Å². The van der Waals surface area contributed by atoms with Gasteiger partial charge in [-0.3, -0.25) is 4.79 Å². The molecule has 134 valence electrons. The van der Waals surface area contributed by atoms with E-state index in [0.717, 1.165) is 26.9 Å². The van der Waals surface area contributed by atoms with Crippen LogP contribution in [0.1, 0.15) is 29.7 Å². The molecule has 2 aromatic rings. The molecule has 3 amide bonds. The molecular weight excluding hydrogens is 394 g/mol. The van der Waals surface area contributed by atoms with E-state index in [1.165, 1.54) is 0 Å². The molecular formula is C20H20BrN3O2. The Morgan fingerprint density at radius 2 is 1.85 bits per heavy atom. The number of amides is 3. The second-order valence-corrected chi connectivity index (χ2v) is 7.24. The molecule has 3 N–H and O–H groups in total. The van der Waals surface area contributed by atoms with Crippen LogP contribution in [0.4, 0.5) is 10.5 Å². The van der Waals surface area contributed by atoms with E-state index in [4.69, 9.17) is 0 Å². The van der Waals surface area contributed by atoms with E-state index in [-0.39, 0.29) is 11.9 Å². The van der Waals surface area contributed by atoms with Crippen LogP contribution in [0.3, 0.4) is 0 Å². The van der Waals surface area contributed by atoms with Crippen LogP contribution in [-0.2, 0) is 4.79 Å². The van der Waals surface area contributed by atoms with Crippen molar-refractivity contribution in [2.75, 3.05) is 5.32 Å². The molecule has 3 rings (SSSR count). The molecule has 1 heterocycles. The number of allylic oxidation sites excluding steroid dienone is 1. The molecule has 0 bridgehead atoms. The van der Waals surface area contributed by atoms with Gasteiger partial charge in [-0.05, 0) is 55.7 Å². The molecule has 0 fully saturated rings. The summed E-state index contributed by atoms with van der Waals surface area (Å²) in [6.45, 7) is 5.71. The van der Waals surface area contributed by atoms with Gasteiger partial charge in [0.05, 0.1) is 11.6 Å². The zero-order valence-electron chi connectivity index (χ0n) is 14.8. The number of benzene rings is 2. The largest absolute Gasteiger partial charge is 0.327 e. The molecule has 0 aromatic heterocycles. The van der Waals surface area contributed by atoms with Crippen molar-refractivity contribution in [1.82, 2.24) is 10.6 Å². The summed E-state index contributed by atoms with van der Waals surface area (Å²) in [7, 11) is 0. The van der Waals surface area contributed by atoms with Crippen molar-refractivity contribution in [1.29, 1.82) is 0 Å². The zero-order chi connectivity index (χ0) is 18.8. The van der Waals surface area contributed by atoms with E-state index < -0.39 is 6.04 Å². The first kappa shape index (κ1) is 18.2. The SMILES string of the molecule is CC1=C(C(=O)Nc2cccc(C)c2C)[C@H](c2cccc(Br)c2)NC(=O)N1. The third-order valence-electron chi connectivity index (χ3n) is 4.55. The predicted molar refractivity (Wildman–Crippen MR) is 106 cm³/mol. The quantitative estimate of drug-likeness (QED) is 0.700.